The minimum absolute atomic E-state index is 0.0309. The van der Waals surface area contributed by atoms with E-state index in [2.05, 4.69) is 13.8 Å². The Labute approximate surface area is 85.1 Å². The van der Waals surface area contributed by atoms with E-state index in [1.807, 2.05) is 0 Å². The molecule has 1 aliphatic rings. The van der Waals surface area contributed by atoms with Gasteiger partial charge in [-0.05, 0) is 12.3 Å². The fraction of sp³-hybridized carbons (Fsp3) is 0.900. The highest BCUT2D eigenvalue weighted by Gasteiger charge is 2.32. The van der Waals surface area contributed by atoms with Gasteiger partial charge in [-0.1, -0.05) is 13.8 Å². The van der Waals surface area contributed by atoms with Crippen molar-refractivity contribution in [3.63, 3.8) is 0 Å². The molecular weight excluding hydrogens is 180 g/mol. The van der Waals surface area contributed by atoms with Gasteiger partial charge in [-0.25, -0.2) is 0 Å². The maximum Gasteiger partial charge on any atom is 0.239 e. The number of rotatable bonds is 4. The van der Waals surface area contributed by atoms with Crippen molar-refractivity contribution < 1.29 is 9.90 Å². The molecule has 1 unspecified atom stereocenters. The van der Waals surface area contributed by atoms with Gasteiger partial charge in [0.2, 0.25) is 5.91 Å². The van der Waals surface area contributed by atoms with Crippen LogP contribution >= 0.6 is 0 Å². The number of carbonyl (C=O) groups excluding carboxylic acids is 1. The molecule has 0 aliphatic carbocycles. The van der Waals surface area contributed by atoms with E-state index in [4.69, 9.17) is 10.8 Å². The molecule has 4 heteroatoms. The second kappa shape index (κ2) is 4.75. The SMILES string of the molecule is CC(C)CC(N)C(=O)N1CC(CO)C1. The Morgan fingerprint density at radius 2 is 2.14 bits per heavy atom. The van der Waals surface area contributed by atoms with Crippen LogP contribution < -0.4 is 5.73 Å². The molecule has 3 N–H and O–H groups in total. The van der Waals surface area contributed by atoms with Crippen molar-refractivity contribution in [1.29, 1.82) is 0 Å². The number of aliphatic hydroxyl groups is 1. The first-order valence-corrected chi connectivity index (χ1v) is 5.19. The van der Waals surface area contributed by atoms with E-state index in [0.717, 1.165) is 6.42 Å². The summed E-state index contributed by atoms with van der Waals surface area (Å²) in [5.41, 5.74) is 5.76. The molecule has 1 amide bonds. The predicted molar refractivity (Wildman–Crippen MR) is 54.6 cm³/mol. The first-order valence-electron chi connectivity index (χ1n) is 5.19. The van der Waals surface area contributed by atoms with E-state index in [1.54, 1.807) is 4.90 Å². The Morgan fingerprint density at radius 1 is 1.57 bits per heavy atom. The van der Waals surface area contributed by atoms with Gasteiger partial charge in [0.25, 0.3) is 0 Å². The largest absolute Gasteiger partial charge is 0.396 e. The fourth-order valence-electron chi connectivity index (χ4n) is 1.71. The van der Waals surface area contributed by atoms with Gasteiger partial charge in [0, 0.05) is 25.6 Å². The van der Waals surface area contributed by atoms with Gasteiger partial charge < -0.3 is 15.7 Å². The summed E-state index contributed by atoms with van der Waals surface area (Å²) in [6, 6.07) is -0.366. The molecule has 0 spiro atoms. The van der Waals surface area contributed by atoms with Crippen LogP contribution in [0.2, 0.25) is 0 Å². The second-order valence-electron chi connectivity index (χ2n) is 4.53. The third-order valence-electron chi connectivity index (χ3n) is 2.57. The zero-order valence-corrected chi connectivity index (χ0v) is 8.94. The molecular formula is C10H20N2O2. The lowest BCUT2D eigenvalue weighted by Gasteiger charge is -2.39. The van der Waals surface area contributed by atoms with Crippen LogP contribution in [0.3, 0.4) is 0 Å². The normalized spacial score (nSPS) is 19.6. The van der Waals surface area contributed by atoms with E-state index >= 15 is 0 Å². The van der Waals surface area contributed by atoms with Gasteiger partial charge in [0.15, 0.2) is 0 Å². The lowest BCUT2D eigenvalue weighted by molar-refractivity contribution is -0.140. The Morgan fingerprint density at radius 3 is 2.57 bits per heavy atom. The average Bonchev–Trinajstić information content (AvgIpc) is 2.00. The van der Waals surface area contributed by atoms with E-state index in [9.17, 15) is 4.79 Å². The Kier molecular flexibility index (Phi) is 3.89. The summed E-state index contributed by atoms with van der Waals surface area (Å²) in [5, 5.41) is 8.80. The molecule has 1 rings (SSSR count). The maximum atomic E-state index is 11.6. The Balaban J connectivity index is 2.28. The Hall–Kier alpha value is -0.610. The molecule has 1 saturated heterocycles. The van der Waals surface area contributed by atoms with E-state index in [1.165, 1.54) is 0 Å². The van der Waals surface area contributed by atoms with Gasteiger partial charge >= 0.3 is 0 Å². The van der Waals surface area contributed by atoms with Crippen LogP contribution in [0.4, 0.5) is 0 Å². The quantitative estimate of drug-likeness (QED) is 0.661. The summed E-state index contributed by atoms with van der Waals surface area (Å²) in [7, 11) is 0. The summed E-state index contributed by atoms with van der Waals surface area (Å²) < 4.78 is 0. The summed E-state index contributed by atoms with van der Waals surface area (Å²) >= 11 is 0. The van der Waals surface area contributed by atoms with E-state index in [0.29, 0.717) is 19.0 Å². The summed E-state index contributed by atoms with van der Waals surface area (Å²) in [6.07, 6.45) is 0.735. The highest BCUT2D eigenvalue weighted by molar-refractivity contribution is 5.82. The maximum absolute atomic E-state index is 11.6. The van der Waals surface area contributed by atoms with E-state index < -0.39 is 0 Å². The molecule has 0 bridgehead atoms. The van der Waals surface area contributed by atoms with Crippen LogP contribution in [0.1, 0.15) is 20.3 Å². The minimum atomic E-state index is -0.366. The smallest absolute Gasteiger partial charge is 0.239 e. The Bertz CT molecular complexity index is 200. The second-order valence-corrected chi connectivity index (χ2v) is 4.53. The standard InChI is InChI=1S/C10H20N2O2/c1-7(2)3-9(11)10(14)12-4-8(5-12)6-13/h7-9,13H,3-6,11H2,1-2H3. The number of likely N-dealkylation sites (tertiary alicyclic amines) is 1. The van der Waals surface area contributed by atoms with Gasteiger partial charge in [0.05, 0.1) is 6.04 Å². The zero-order chi connectivity index (χ0) is 10.7. The van der Waals surface area contributed by atoms with Gasteiger partial charge in [-0.15, -0.1) is 0 Å². The molecule has 82 valence electrons. The van der Waals surface area contributed by atoms with Crippen molar-refractivity contribution >= 4 is 5.91 Å². The van der Waals surface area contributed by atoms with Crippen molar-refractivity contribution in [2.45, 2.75) is 26.3 Å². The number of hydrogen-bond donors (Lipinski definition) is 2. The molecule has 1 aliphatic heterocycles. The average molecular weight is 200 g/mol. The number of nitrogens with two attached hydrogens (primary N) is 1. The third kappa shape index (κ3) is 2.69. The molecule has 14 heavy (non-hydrogen) atoms. The fourth-order valence-corrected chi connectivity index (χ4v) is 1.71. The summed E-state index contributed by atoms with van der Waals surface area (Å²) in [5.74, 6) is 0.748. The van der Waals surface area contributed by atoms with Crippen LogP contribution in [0.25, 0.3) is 0 Å². The topological polar surface area (TPSA) is 66.6 Å². The highest BCUT2D eigenvalue weighted by atomic mass is 16.3. The van der Waals surface area contributed by atoms with Crippen LogP contribution in [-0.2, 0) is 4.79 Å². The zero-order valence-electron chi connectivity index (χ0n) is 8.94. The monoisotopic (exact) mass is 200 g/mol. The molecule has 0 radical (unpaired) electrons. The molecule has 0 aromatic carbocycles. The van der Waals surface area contributed by atoms with Crippen LogP contribution in [-0.4, -0.2) is 41.7 Å². The molecule has 0 saturated carbocycles. The van der Waals surface area contributed by atoms with Crippen molar-refractivity contribution in [2.75, 3.05) is 19.7 Å². The van der Waals surface area contributed by atoms with Crippen LogP contribution in [0.5, 0.6) is 0 Å². The number of carbonyl (C=O) groups is 1. The van der Waals surface area contributed by atoms with E-state index in [-0.39, 0.29) is 24.5 Å². The highest BCUT2D eigenvalue weighted by Crippen LogP contribution is 2.16. The molecule has 1 heterocycles. The summed E-state index contributed by atoms with van der Waals surface area (Å²) in [6.45, 7) is 5.62. The number of nitrogens with zero attached hydrogens (tertiary/aromatic N) is 1. The first-order chi connectivity index (χ1) is 6.54. The predicted octanol–water partition coefficient (Wildman–Crippen LogP) is -0.189. The lowest BCUT2D eigenvalue weighted by Crippen LogP contribution is -2.56. The number of hydrogen-bond acceptors (Lipinski definition) is 3. The van der Waals surface area contributed by atoms with Crippen LogP contribution in [0.15, 0.2) is 0 Å². The minimum Gasteiger partial charge on any atom is -0.396 e. The molecule has 0 aromatic heterocycles. The van der Waals surface area contributed by atoms with Crippen molar-refractivity contribution in [2.24, 2.45) is 17.6 Å². The number of aliphatic hydroxyl groups excluding tert-OH is 1. The molecule has 1 fully saturated rings. The van der Waals surface area contributed by atoms with Gasteiger partial charge in [-0.2, -0.15) is 0 Å². The third-order valence-corrected chi connectivity index (χ3v) is 2.57. The van der Waals surface area contributed by atoms with Gasteiger partial charge in [0.1, 0.15) is 0 Å². The van der Waals surface area contributed by atoms with Gasteiger partial charge in [-0.3, -0.25) is 4.79 Å². The molecule has 1 atom stereocenters. The van der Waals surface area contributed by atoms with Crippen molar-refractivity contribution in [1.82, 2.24) is 4.90 Å². The molecule has 0 aromatic rings. The summed E-state index contributed by atoms with van der Waals surface area (Å²) in [4.78, 5) is 13.4. The number of amides is 1. The lowest BCUT2D eigenvalue weighted by atomic mass is 9.97. The van der Waals surface area contributed by atoms with Crippen molar-refractivity contribution in [3.8, 4) is 0 Å². The van der Waals surface area contributed by atoms with Crippen molar-refractivity contribution in [3.05, 3.63) is 0 Å². The molecule has 4 nitrogen and oxygen atoms in total. The van der Waals surface area contributed by atoms with Crippen LogP contribution in [0, 0.1) is 11.8 Å². The first kappa shape index (κ1) is 11.5.